The predicted molar refractivity (Wildman–Crippen MR) is 64.7 cm³/mol. The summed E-state index contributed by atoms with van der Waals surface area (Å²) in [6.07, 6.45) is -3.75. The Hall–Kier alpha value is -2.77. The van der Waals surface area contributed by atoms with Gasteiger partial charge in [-0.15, -0.1) is 0 Å². The fraction of sp³-hybridized carbons (Fsp3) is 0.0769. The van der Waals surface area contributed by atoms with Gasteiger partial charge in [0.15, 0.2) is 0 Å². The number of hydrogen-bond acceptors (Lipinski definition) is 2. The molecule has 0 aliphatic heterocycles. The number of rotatable bonds is 3. The normalized spacial score (nSPS) is 11.4. The highest BCUT2D eigenvalue weighted by atomic mass is 19.4. The highest BCUT2D eigenvalue weighted by Gasteiger charge is 2.36. The van der Waals surface area contributed by atoms with Crippen LogP contribution in [0.5, 0.6) is 0 Å². The Balaban J connectivity index is 2.85. The molecule has 0 aliphatic rings. The van der Waals surface area contributed by atoms with Gasteiger partial charge in [0.25, 0.3) is 0 Å². The highest BCUT2D eigenvalue weighted by molar-refractivity contribution is 5.94. The molecule has 1 aromatic heterocycles. The van der Waals surface area contributed by atoms with E-state index >= 15 is 0 Å². The molecular weight excluding hydrogens is 291 g/mol. The molecule has 0 amide bonds. The van der Waals surface area contributed by atoms with Crippen LogP contribution in [-0.2, 0) is 6.18 Å². The Bertz CT molecular complexity index is 718. The van der Waals surface area contributed by atoms with E-state index in [1.54, 1.807) is 0 Å². The third-order valence-corrected chi connectivity index (χ3v) is 2.78. The summed E-state index contributed by atoms with van der Waals surface area (Å²) >= 11 is 0. The van der Waals surface area contributed by atoms with Crippen molar-refractivity contribution >= 4 is 11.9 Å². The van der Waals surface area contributed by atoms with Crippen molar-refractivity contribution in [3.8, 4) is 5.69 Å². The lowest BCUT2D eigenvalue weighted by Gasteiger charge is -2.17. The van der Waals surface area contributed by atoms with Gasteiger partial charge in [0, 0.05) is 6.20 Å². The van der Waals surface area contributed by atoms with Crippen LogP contribution in [-0.4, -0.2) is 26.7 Å². The first-order valence-corrected chi connectivity index (χ1v) is 5.58. The van der Waals surface area contributed by atoms with E-state index in [1.807, 2.05) is 0 Å². The van der Waals surface area contributed by atoms with Gasteiger partial charge in [-0.3, -0.25) is 0 Å². The van der Waals surface area contributed by atoms with Crippen LogP contribution in [0.3, 0.4) is 0 Å². The van der Waals surface area contributed by atoms with E-state index in [2.05, 4.69) is 0 Å². The van der Waals surface area contributed by atoms with Crippen molar-refractivity contribution in [3.05, 3.63) is 53.3 Å². The number of halogens is 3. The van der Waals surface area contributed by atoms with Crippen molar-refractivity contribution in [2.24, 2.45) is 0 Å². The summed E-state index contributed by atoms with van der Waals surface area (Å²) in [5, 5.41) is 18.0. The molecule has 21 heavy (non-hydrogen) atoms. The molecule has 2 aromatic rings. The van der Waals surface area contributed by atoms with Gasteiger partial charge < -0.3 is 14.8 Å². The number of carboxylic acids is 2. The number of para-hydroxylation sites is 1. The van der Waals surface area contributed by atoms with Crippen LogP contribution in [0.25, 0.3) is 5.69 Å². The van der Waals surface area contributed by atoms with Gasteiger partial charge in [0.1, 0.15) is 5.69 Å². The monoisotopic (exact) mass is 299 g/mol. The SMILES string of the molecule is O=C(O)c1cccc(C(F)(F)F)c1-n1cccc1C(=O)O. The molecule has 0 radical (unpaired) electrons. The van der Waals surface area contributed by atoms with E-state index in [0.717, 1.165) is 24.4 Å². The van der Waals surface area contributed by atoms with Gasteiger partial charge in [0.2, 0.25) is 0 Å². The summed E-state index contributed by atoms with van der Waals surface area (Å²) in [5.41, 5.74) is -3.04. The van der Waals surface area contributed by atoms with Crippen LogP contribution in [0.15, 0.2) is 36.5 Å². The summed E-state index contributed by atoms with van der Waals surface area (Å²) in [5.74, 6) is -3.05. The Kier molecular flexibility index (Phi) is 3.46. The average molecular weight is 299 g/mol. The van der Waals surface area contributed by atoms with Crippen LogP contribution >= 0.6 is 0 Å². The van der Waals surface area contributed by atoms with Gasteiger partial charge in [-0.1, -0.05) is 6.07 Å². The topological polar surface area (TPSA) is 79.5 Å². The van der Waals surface area contributed by atoms with Crippen molar-refractivity contribution < 1.29 is 33.0 Å². The molecule has 0 bridgehead atoms. The van der Waals surface area contributed by atoms with E-state index in [1.165, 1.54) is 6.07 Å². The number of carbonyl (C=O) groups is 2. The first kappa shape index (κ1) is 14.6. The molecule has 1 heterocycles. The number of hydrogen-bond donors (Lipinski definition) is 2. The highest BCUT2D eigenvalue weighted by Crippen LogP contribution is 2.36. The second kappa shape index (κ2) is 4.97. The molecular formula is C13H8F3NO4. The largest absolute Gasteiger partial charge is 0.478 e. The fourth-order valence-electron chi connectivity index (χ4n) is 1.95. The van der Waals surface area contributed by atoms with Crippen LogP contribution in [0.2, 0.25) is 0 Å². The number of aromatic nitrogens is 1. The second-order valence-corrected chi connectivity index (χ2v) is 4.07. The molecule has 0 aliphatic carbocycles. The molecule has 0 spiro atoms. The minimum Gasteiger partial charge on any atom is -0.478 e. The van der Waals surface area contributed by atoms with Gasteiger partial charge >= 0.3 is 18.1 Å². The van der Waals surface area contributed by atoms with Crippen molar-refractivity contribution in [3.63, 3.8) is 0 Å². The third-order valence-electron chi connectivity index (χ3n) is 2.78. The summed E-state index contributed by atoms with van der Waals surface area (Å²) in [6.45, 7) is 0. The zero-order valence-corrected chi connectivity index (χ0v) is 10.3. The minimum atomic E-state index is -4.82. The summed E-state index contributed by atoms with van der Waals surface area (Å²) in [6, 6.07) is 4.95. The summed E-state index contributed by atoms with van der Waals surface area (Å²) < 4.78 is 39.9. The van der Waals surface area contributed by atoms with Gasteiger partial charge in [-0.2, -0.15) is 13.2 Å². The standard InChI is InChI=1S/C13H8F3NO4/c14-13(15,16)8-4-1-3-7(11(18)19)10(8)17-6-2-5-9(17)12(20)21/h1-6H,(H,18,19)(H,20,21). The molecule has 1 aromatic carbocycles. The fourth-order valence-corrected chi connectivity index (χ4v) is 1.95. The molecule has 2 rings (SSSR count). The average Bonchev–Trinajstić information content (AvgIpc) is 2.85. The van der Waals surface area contributed by atoms with Crippen molar-refractivity contribution in [1.82, 2.24) is 4.57 Å². The summed E-state index contributed by atoms with van der Waals surface area (Å²) in [7, 11) is 0. The Morgan fingerprint density at radius 3 is 2.19 bits per heavy atom. The number of alkyl halides is 3. The molecule has 2 N–H and O–H groups in total. The molecule has 5 nitrogen and oxygen atoms in total. The lowest BCUT2D eigenvalue weighted by atomic mass is 10.1. The van der Waals surface area contributed by atoms with Gasteiger partial charge in [-0.05, 0) is 24.3 Å². The number of aromatic carboxylic acids is 2. The van der Waals surface area contributed by atoms with Crippen LogP contribution in [0.1, 0.15) is 26.4 Å². The maximum atomic E-state index is 13.1. The van der Waals surface area contributed by atoms with Crippen molar-refractivity contribution in [1.29, 1.82) is 0 Å². The van der Waals surface area contributed by atoms with Crippen molar-refractivity contribution in [2.45, 2.75) is 6.18 Å². The lowest BCUT2D eigenvalue weighted by Crippen LogP contribution is -2.17. The van der Waals surface area contributed by atoms with E-state index in [0.29, 0.717) is 10.6 Å². The van der Waals surface area contributed by atoms with E-state index in [4.69, 9.17) is 10.2 Å². The Morgan fingerprint density at radius 1 is 1.00 bits per heavy atom. The van der Waals surface area contributed by atoms with Crippen LogP contribution in [0.4, 0.5) is 13.2 Å². The van der Waals surface area contributed by atoms with E-state index in [-0.39, 0.29) is 0 Å². The molecule has 0 saturated heterocycles. The van der Waals surface area contributed by atoms with Crippen LogP contribution < -0.4 is 0 Å². The first-order chi connectivity index (χ1) is 9.73. The lowest BCUT2D eigenvalue weighted by molar-refractivity contribution is -0.137. The molecule has 0 unspecified atom stereocenters. The van der Waals surface area contributed by atoms with E-state index < -0.39 is 40.6 Å². The molecule has 110 valence electrons. The Morgan fingerprint density at radius 2 is 1.67 bits per heavy atom. The molecule has 0 fully saturated rings. The Labute approximate surface area is 115 Å². The second-order valence-electron chi connectivity index (χ2n) is 4.07. The molecule has 0 atom stereocenters. The van der Waals surface area contributed by atoms with Gasteiger partial charge in [-0.25, -0.2) is 9.59 Å². The quantitative estimate of drug-likeness (QED) is 0.913. The smallest absolute Gasteiger partial charge is 0.418 e. The zero-order valence-electron chi connectivity index (χ0n) is 10.3. The van der Waals surface area contributed by atoms with E-state index in [9.17, 15) is 22.8 Å². The number of nitrogens with zero attached hydrogens (tertiary/aromatic N) is 1. The first-order valence-electron chi connectivity index (χ1n) is 5.58. The van der Waals surface area contributed by atoms with Crippen LogP contribution in [0, 0.1) is 0 Å². The summed E-state index contributed by atoms with van der Waals surface area (Å²) in [4.78, 5) is 22.2. The minimum absolute atomic E-state index is 0.464. The van der Waals surface area contributed by atoms with Gasteiger partial charge in [0.05, 0.1) is 16.8 Å². The van der Waals surface area contributed by atoms with Crippen molar-refractivity contribution in [2.75, 3.05) is 0 Å². The molecule has 0 saturated carbocycles. The third kappa shape index (κ3) is 2.60. The maximum absolute atomic E-state index is 13.1. The molecule has 8 heteroatoms. The predicted octanol–water partition coefficient (Wildman–Crippen LogP) is 2.89. The zero-order chi connectivity index (χ0) is 15.8. The number of benzene rings is 1. The maximum Gasteiger partial charge on any atom is 0.418 e. The number of carboxylic acid groups (broad SMARTS) is 2.